The molecule has 0 aliphatic heterocycles. The lowest BCUT2D eigenvalue weighted by atomic mass is 10.1. The molecule has 0 saturated carbocycles. The van der Waals surface area contributed by atoms with Crippen molar-refractivity contribution in [2.45, 2.75) is 6.18 Å². The zero-order chi connectivity index (χ0) is 17.7. The van der Waals surface area contributed by atoms with Crippen LogP contribution in [-0.4, -0.2) is 11.8 Å². The Hall–Kier alpha value is -3.09. The number of carbonyl (C=O) groups is 2. The molecule has 2 aromatic carbocycles. The minimum atomic E-state index is -4.45. The second-order valence-electron chi connectivity index (χ2n) is 4.86. The first-order chi connectivity index (χ1) is 11.3. The first-order valence-electron chi connectivity index (χ1n) is 6.82. The highest BCUT2D eigenvalue weighted by Gasteiger charge is 2.30. The van der Waals surface area contributed by atoms with Crippen molar-refractivity contribution < 1.29 is 22.8 Å². The molecule has 0 heterocycles. The number of benzene rings is 2. The van der Waals surface area contributed by atoms with Crippen molar-refractivity contribution in [3.05, 3.63) is 71.3 Å². The Morgan fingerprint density at radius 3 is 2.42 bits per heavy atom. The van der Waals surface area contributed by atoms with Crippen molar-refractivity contribution in [1.29, 1.82) is 0 Å². The summed E-state index contributed by atoms with van der Waals surface area (Å²) in [6.45, 7) is 0. The number of para-hydroxylation sites is 1. The Morgan fingerprint density at radius 2 is 1.75 bits per heavy atom. The van der Waals surface area contributed by atoms with E-state index in [1.54, 1.807) is 12.1 Å². The van der Waals surface area contributed by atoms with Gasteiger partial charge in [0.15, 0.2) is 0 Å². The van der Waals surface area contributed by atoms with Gasteiger partial charge in [0, 0.05) is 6.08 Å². The number of carbonyl (C=O) groups excluding carboxylic acids is 2. The van der Waals surface area contributed by atoms with Crippen LogP contribution < -0.4 is 11.1 Å². The molecule has 3 N–H and O–H groups in total. The summed E-state index contributed by atoms with van der Waals surface area (Å²) in [6, 6.07) is 10.7. The summed E-state index contributed by atoms with van der Waals surface area (Å²) in [5.74, 6) is -1.30. The summed E-state index contributed by atoms with van der Waals surface area (Å²) in [5, 5.41) is 2.46. The minimum absolute atomic E-state index is 0.137. The molecule has 0 fully saturated rings. The molecular weight excluding hydrogens is 321 g/mol. The maximum absolute atomic E-state index is 12.6. The highest BCUT2D eigenvalue weighted by Crippen LogP contribution is 2.29. The Balaban J connectivity index is 2.13. The Morgan fingerprint density at radius 1 is 1.04 bits per heavy atom. The Labute approximate surface area is 135 Å². The molecule has 0 aliphatic carbocycles. The molecule has 0 saturated heterocycles. The quantitative estimate of drug-likeness (QED) is 0.841. The van der Waals surface area contributed by atoms with Gasteiger partial charge in [-0.05, 0) is 35.9 Å². The van der Waals surface area contributed by atoms with E-state index in [0.717, 1.165) is 18.2 Å². The van der Waals surface area contributed by atoms with Crippen LogP contribution >= 0.6 is 0 Å². The van der Waals surface area contributed by atoms with Crippen molar-refractivity contribution in [3.8, 4) is 0 Å². The van der Waals surface area contributed by atoms with E-state index in [1.807, 2.05) is 0 Å². The van der Waals surface area contributed by atoms with Crippen molar-refractivity contribution in [3.63, 3.8) is 0 Å². The van der Waals surface area contributed by atoms with Crippen LogP contribution in [0.4, 0.5) is 18.9 Å². The van der Waals surface area contributed by atoms with Gasteiger partial charge < -0.3 is 11.1 Å². The van der Waals surface area contributed by atoms with Gasteiger partial charge in [0.25, 0.3) is 5.91 Å². The highest BCUT2D eigenvalue weighted by atomic mass is 19.4. The van der Waals surface area contributed by atoms with Gasteiger partial charge in [-0.15, -0.1) is 0 Å². The first kappa shape index (κ1) is 17.3. The van der Waals surface area contributed by atoms with E-state index in [-0.39, 0.29) is 16.8 Å². The zero-order valence-corrected chi connectivity index (χ0v) is 12.3. The molecule has 0 spiro atoms. The number of amides is 2. The molecule has 2 amide bonds. The maximum Gasteiger partial charge on any atom is 0.416 e. The van der Waals surface area contributed by atoms with Gasteiger partial charge in [0.05, 0.1) is 16.8 Å². The van der Waals surface area contributed by atoms with Gasteiger partial charge in [0.2, 0.25) is 5.91 Å². The fourth-order valence-corrected chi connectivity index (χ4v) is 1.97. The molecule has 2 aromatic rings. The van der Waals surface area contributed by atoms with E-state index in [0.29, 0.717) is 0 Å². The number of anilines is 1. The molecule has 0 atom stereocenters. The minimum Gasteiger partial charge on any atom is -0.366 e. The van der Waals surface area contributed by atoms with E-state index in [4.69, 9.17) is 5.73 Å². The number of alkyl halides is 3. The average Bonchev–Trinajstić information content (AvgIpc) is 2.53. The predicted molar refractivity (Wildman–Crippen MR) is 84.1 cm³/mol. The highest BCUT2D eigenvalue weighted by molar-refractivity contribution is 6.07. The van der Waals surface area contributed by atoms with Crippen molar-refractivity contribution in [1.82, 2.24) is 0 Å². The van der Waals surface area contributed by atoms with Crippen LogP contribution in [0.25, 0.3) is 6.08 Å². The standard InChI is InChI=1S/C17H13F3N2O2/c18-17(19,20)12-5-3-4-11(10-12)8-9-15(23)22-14-7-2-1-6-13(14)16(21)24/h1-10H,(H2,21,24)(H,22,23)/b9-8+. The number of primary amides is 1. The van der Waals surface area contributed by atoms with Gasteiger partial charge >= 0.3 is 6.18 Å². The summed E-state index contributed by atoms with van der Waals surface area (Å²) in [7, 11) is 0. The number of hydrogen-bond acceptors (Lipinski definition) is 2. The summed E-state index contributed by atoms with van der Waals surface area (Å²) in [4.78, 5) is 23.1. The first-order valence-corrected chi connectivity index (χ1v) is 6.82. The molecule has 0 radical (unpaired) electrons. The molecule has 2 rings (SSSR count). The number of hydrogen-bond donors (Lipinski definition) is 2. The molecule has 7 heteroatoms. The monoisotopic (exact) mass is 334 g/mol. The summed E-state index contributed by atoms with van der Waals surface area (Å²) in [5.41, 5.74) is 4.98. The van der Waals surface area contributed by atoms with Crippen LogP contribution in [0.5, 0.6) is 0 Å². The predicted octanol–water partition coefficient (Wildman–Crippen LogP) is 3.46. The van der Waals surface area contributed by atoms with Crippen LogP contribution in [0.15, 0.2) is 54.6 Å². The Bertz CT molecular complexity index is 798. The number of nitrogens with two attached hydrogens (primary N) is 1. The van der Waals surface area contributed by atoms with Crippen LogP contribution in [0.3, 0.4) is 0 Å². The third-order valence-electron chi connectivity index (χ3n) is 3.09. The van der Waals surface area contributed by atoms with Gasteiger partial charge in [-0.1, -0.05) is 24.3 Å². The van der Waals surface area contributed by atoms with Gasteiger partial charge in [-0.3, -0.25) is 9.59 Å². The van der Waals surface area contributed by atoms with E-state index in [2.05, 4.69) is 5.32 Å². The Kier molecular flexibility index (Phi) is 5.03. The lowest BCUT2D eigenvalue weighted by molar-refractivity contribution is -0.137. The third-order valence-corrected chi connectivity index (χ3v) is 3.09. The molecule has 4 nitrogen and oxygen atoms in total. The lowest BCUT2D eigenvalue weighted by Crippen LogP contribution is -2.16. The molecule has 0 aromatic heterocycles. The van der Waals surface area contributed by atoms with E-state index < -0.39 is 23.6 Å². The number of nitrogens with one attached hydrogen (secondary N) is 1. The van der Waals surface area contributed by atoms with E-state index in [9.17, 15) is 22.8 Å². The van der Waals surface area contributed by atoms with E-state index >= 15 is 0 Å². The lowest BCUT2D eigenvalue weighted by Gasteiger charge is -2.07. The summed E-state index contributed by atoms with van der Waals surface area (Å²) < 4.78 is 37.9. The smallest absolute Gasteiger partial charge is 0.366 e. The van der Waals surface area contributed by atoms with Crippen LogP contribution in [0.1, 0.15) is 21.5 Å². The van der Waals surface area contributed by atoms with Crippen molar-refractivity contribution >= 4 is 23.6 Å². The fourth-order valence-electron chi connectivity index (χ4n) is 1.97. The second kappa shape index (κ2) is 6.99. The van der Waals surface area contributed by atoms with Gasteiger partial charge in [0.1, 0.15) is 0 Å². The molecule has 0 unspecified atom stereocenters. The fraction of sp³-hybridized carbons (Fsp3) is 0.0588. The second-order valence-corrected chi connectivity index (χ2v) is 4.86. The summed E-state index contributed by atoms with van der Waals surface area (Å²) >= 11 is 0. The number of rotatable bonds is 4. The zero-order valence-electron chi connectivity index (χ0n) is 12.3. The normalized spacial score (nSPS) is 11.5. The maximum atomic E-state index is 12.6. The average molecular weight is 334 g/mol. The number of halogens is 3. The van der Waals surface area contributed by atoms with Crippen molar-refractivity contribution in [2.24, 2.45) is 5.73 Å². The molecular formula is C17H13F3N2O2. The van der Waals surface area contributed by atoms with Crippen molar-refractivity contribution in [2.75, 3.05) is 5.32 Å². The van der Waals surface area contributed by atoms with Crippen LogP contribution in [0.2, 0.25) is 0 Å². The van der Waals surface area contributed by atoms with E-state index in [1.165, 1.54) is 30.3 Å². The van der Waals surface area contributed by atoms with Gasteiger partial charge in [-0.25, -0.2) is 0 Å². The molecule has 124 valence electrons. The molecule has 0 bridgehead atoms. The third kappa shape index (κ3) is 4.45. The molecule has 24 heavy (non-hydrogen) atoms. The van der Waals surface area contributed by atoms with Crippen LogP contribution in [0, 0.1) is 0 Å². The largest absolute Gasteiger partial charge is 0.416 e. The van der Waals surface area contributed by atoms with Crippen LogP contribution in [-0.2, 0) is 11.0 Å². The SMILES string of the molecule is NC(=O)c1ccccc1NC(=O)/C=C/c1cccc(C(F)(F)F)c1. The molecule has 0 aliphatic rings. The van der Waals surface area contributed by atoms with Gasteiger partial charge in [-0.2, -0.15) is 13.2 Å². The summed E-state index contributed by atoms with van der Waals surface area (Å²) in [6.07, 6.45) is -2.13. The topological polar surface area (TPSA) is 72.2 Å².